The van der Waals surface area contributed by atoms with Gasteiger partial charge in [-0.15, -0.1) is 0 Å². The van der Waals surface area contributed by atoms with Crippen LogP contribution in [0.4, 0.5) is 0 Å². The number of benzene rings is 1. The number of carbonyl (C=O) groups is 1. The SMILES string of the molecule is COCO[C@H]1CO[C@H](OCc2ccccc2)[C@@H]2O/C(=C\C(=O)OC)[C@@H](C)[C@@H]21. The standard InChI is InChI=1S/C20H26O7/c1-13-15(9-17(21)23-3)27-19-18(13)16(26-12-22-2)11-25-20(19)24-10-14-7-5-4-6-8-14/h4-9,13,16,18-20H,10-12H2,1-3H3/b15-9-/t13-,16+,18-,19-,20+/m1/s1. The molecule has 3 rings (SSSR count). The Morgan fingerprint density at radius 2 is 2.00 bits per heavy atom. The zero-order chi connectivity index (χ0) is 19.2. The summed E-state index contributed by atoms with van der Waals surface area (Å²) < 4.78 is 33.5. The number of hydrogen-bond acceptors (Lipinski definition) is 7. The molecule has 0 aliphatic carbocycles. The normalized spacial score (nSPS) is 31.4. The third-order valence-corrected chi connectivity index (χ3v) is 4.92. The second-order valence-electron chi connectivity index (χ2n) is 6.63. The van der Waals surface area contributed by atoms with Crippen molar-refractivity contribution >= 4 is 5.97 Å². The van der Waals surface area contributed by atoms with Crippen molar-refractivity contribution in [3.63, 3.8) is 0 Å². The van der Waals surface area contributed by atoms with Crippen molar-refractivity contribution in [3.8, 4) is 0 Å². The second kappa shape index (κ2) is 9.32. The van der Waals surface area contributed by atoms with Gasteiger partial charge in [0.25, 0.3) is 0 Å². The topological polar surface area (TPSA) is 72.5 Å². The predicted octanol–water partition coefficient (Wildman–Crippen LogP) is 2.26. The average molecular weight is 378 g/mol. The molecule has 0 amide bonds. The Kier molecular flexibility index (Phi) is 6.84. The van der Waals surface area contributed by atoms with Crippen molar-refractivity contribution in [2.45, 2.75) is 32.0 Å². The molecule has 2 saturated heterocycles. The van der Waals surface area contributed by atoms with Crippen molar-refractivity contribution in [1.82, 2.24) is 0 Å². The number of ether oxygens (including phenoxy) is 6. The monoisotopic (exact) mass is 378 g/mol. The molecule has 1 aromatic carbocycles. The van der Waals surface area contributed by atoms with E-state index in [1.165, 1.54) is 13.2 Å². The lowest BCUT2D eigenvalue weighted by Gasteiger charge is -2.38. The van der Waals surface area contributed by atoms with Crippen molar-refractivity contribution in [3.05, 3.63) is 47.7 Å². The highest BCUT2D eigenvalue weighted by atomic mass is 16.7. The number of methoxy groups -OCH3 is 2. The van der Waals surface area contributed by atoms with E-state index in [1.54, 1.807) is 7.11 Å². The van der Waals surface area contributed by atoms with Crippen molar-refractivity contribution in [2.24, 2.45) is 11.8 Å². The lowest BCUT2D eigenvalue weighted by atomic mass is 9.84. The van der Waals surface area contributed by atoms with E-state index in [1.807, 2.05) is 37.3 Å². The first kappa shape index (κ1) is 19.8. The van der Waals surface area contributed by atoms with Gasteiger partial charge in [-0.2, -0.15) is 0 Å². The Morgan fingerprint density at radius 3 is 2.70 bits per heavy atom. The van der Waals surface area contributed by atoms with Gasteiger partial charge in [0.05, 0.1) is 32.5 Å². The number of esters is 1. The third-order valence-electron chi connectivity index (χ3n) is 4.92. The summed E-state index contributed by atoms with van der Waals surface area (Å²) in [7, 11) is 2.91. The zero-order valence-corrected chi connectivity index (χ0v) is 15.8. The Bertz CT molecular complexity index is 645. The van der Waals surface area contributed by atoms with Crippen LogP contribution in [-0.4, -0.2) is 52.1 Å². The molecule has 0 radical (unpaired) electrons. The zero-order valence-electron chi connectivity index (χ0n) is 15.8. The molecule has 0 spiro atoms. The maximum absolute atomic E-state index is 11.7. The van der Waals surface area contributed by atoms with Crippen LogP contribution in [0.5, 0.6) is 0 Å². The summed E-state index contributed by atoms with van der Waals surface area (Å²) in [5.41, 5.74) is 1.05. The molecule has 148 valence electrons. The lowest BCUT2D eigenvalue weighted by Crippen LogP contribution is -2.50. The Balaban J connectivity index is 1.74. The minimum Gasteiger partial charge on any atom is -0.488 e. The van der Waals surface area contributed by atoms with Gasteiger partial charge in [-0.25, -0.2) is 4.79 Å². The fraction of sp³-hybridized carbons (Fsp3) is 0.550. The number of carbonyl (C=O) groups excluding carboxylic acids is 1. The summed E-state index contributed by atoms with van der Waals surface area (Å²) in [5, 5.41) is 0. The minimum absolute atomic E-state index is 0.0226. The van der Waals surface area contributed by atoms with E-state index < -0.39 is 12.3 Å². The fourth-order valence-corrected chi connectivity index (χ4v) is 3.53. The van der Waals surface area contributed by atoms with E-state index in [-0.39, 0.29) is 30.8 Å². The lowest BCUT2D eigenvalue weighted by molar-refractivity contribution is -0.266. The largest absolute Gasteiger partial charge is 0.488 e. The van der Waals surface area contributed by atoms with Crippen molar-refractivity contribution in [1.29, 1.82) is 0 Å². The number of rotatable bonds is 7. The van der Waals surface area contributed by atoms with Gasteiger partial charge < -0.3 is 28.4 Å². The van der Waals surface area contributed by atoms with Crippen LogP contribution in [0.1, 0.15) is 12.5 Å². The molecule has 27 heavy (non-hydrogen) atoms. The first-order valence-electron chi connectivity index (χ1n) is 8.98. The van der Waals surface area contributed by atoms with Crippen LogP contribution in [0, 0.1) is 11.8 Å². The summed E-state index contributed by atoms with van der Waals surface area (Å²) >= 11 is 0. The molecule has 0 bridgehead atoms. The Morgan fingerprint density at radius 1 is 1.22 bits per heavy atom. The van der Waals surface area contributed by atoms with E-state index in [0.717, 1.165) is 5.56 Å². The first-order valence-corrected chi connectivity index (χ1v) is 8.98. The molecular weight excluding hydrogens is 352 g/mol. The maximum atomic E-state index is 11.7. The van der Waals surface area contributed by atoms with Crippen LogP contribution in [0.2, 0.25) is 0 Å². The van der Waals surface area contributed by atoms with Gasteiger partial charge in [0.1, 0.15) is 12.6 Å². The summed E-state index contributed by atoms with van der Waals surface area (Å²) in [6.07, 6.45) is 0.230. The van der Waals surface area contributed by atoms with Crippen LogP contribution in [0.25, 0.3) is 0 Å². The minimum atomic E-state index is -0.552. The van der Waals surface area contributed by atoms with Crippen molar-refractivity contribution < 1.29 is 33.2 Å². The van der Waals surface area contributed by atoms with Crippen molar-refractivity contribution in [2.75, 3.05) is 27.6 Å². The second-order valence-corrected chi connectivity index (χ2v) is 6.63. The molecule has 7 nitrogen and oxygen atoms in total. The molecule has 2 aliphatic heterocycles. The molecule has 0 unspecified atom stereocenters. The highest BCUT2D eigenvalue weighted by Crippen LogP contribution is 2.43. The number of allylic oxidation sites excluding steroid dienone is 1. The Labute approximate surface area is 159 Å². The van der Waals surface area contributed by atoms with E-state index in [2.05, 4.69) is 0 Å². The van der Waals surface area contributed by atoms with E-state index in [9.17, 15) is 4.79 Å². The van der Waals surface area contributed by atoms with Gasteiger partial charge in [-0.1, -0.05) is 37.3 Å². The highest BCUT2D eigenvalue weighted by Gasteiger charge is 2.52. The summed E-state index contributed by atoms with van der Waals surface area (Å²) in [5.74, 6) is 0.0440. The van der Waals surface area contributed by atoms with E-state index in [0.29, 0.717) is 19.0 Å². The predicted molar refractivity (Wildman–Crippen MR) is 95.3 cm³/mol. The number of fused-ring (bicyclic) bond motifs is 1. The van der Waals surface area contributed by atoms with E-state index in [4.69, 9.17) is 28.4 Å². The molecule has 2 fully saturated rings. The van der Waals surface area contributed by atoms with E-state index >= 15 is 0 Å². The average Bonchev–Trinajstić information content (AvgIpc) is 3.02. The molecule has 5 atom stereocenters. The van der Waals surface area contributed by atoms with Crippen LogP contribution < -0.4 is 0 Å². The third kappa shape index (κ3) is 4.68. The molecular formula is C20H26O7. The molecule has 1 aromatic rings. The fourth-order valence-electron chi connectivity index (χ4n) is 3.53. The van der Waals surface area contributed by atoms with Gasteiger partial charge in [0.15, 0.2) is 12.4 Å². The first-order chi connectivity index (χ1) is 13.1. The molecule has 0 aromatic heterocycles. The van der Waals surface area contributed by atoms with Gasteiger partial charge in [-0.05, 0) is 5.56 Å². The van der Waals surface area contributed by atoms with Crippen LogP contribution in [0.15, 0.2) is 42.2 Å². The molecule has 0 saturated carbocycles. The summed E-state index contributed by atoms with van der Waals surface area (Å²) in [6, 6.07) is 9.86. The summed E-state index contributed by atoms with van der Waals surface area (Å²) in [4.78, 5) is 11.7. The summed E-state index contributed by atoms with van der Waals surface area (Å²) in [6.45, 7) is 2.94. The van der Waals surface area contributed by atoms with Gasteiger partial charge >= 0.3 is 5.97 Å². The van der Waals surface area contributed by atoms with Crippen LogP contribution in [-0.2, 0) is 39.8 Å². The molecule has 2 heterocycles. The van der Waals surface area contributed by atoms with Gasteiger partial charge in [0.2, 0.25) is 0 Å². The quantitative estimate of drug-likeness (QED) is 0.409. The Hall–Kier alpha value is -1.93. The molecule has 0 N–H and O–H groups in total. The molecule has 2 aliphatic rings. The maximum Gasteiger partial charge on any atom is 0.333 e. The van der Waals surface area contributed by atoms with Crippen LogP contribution in [0.3, 0.4) is 0 Å². The molecule has 7 heteroatoms. The smallest absolute Gasteiger partial charge is 0.333 e. The highest BCUT2D eigenvalue weighted by molar-refractivity contribution is 5.82. The van der Waals surface area contributed by atoms with Gasteiger partial charge in [0, 0.05) is 18.9 Å². The van der Waals surface area contributed by atoms with Crippen LogP contribution >= 0.6 is 0 Å². The van der Waals surface area contributed by atoms with Gasteiger partial charge in [-0.3, -0.25) is 0 Å². The number of hydrogen-bond donors (Lipinski definition) is 0.